The molecule has 0 saturated heterocycles. The number of esters is 1. The Hall–Kier alpha value is -4.92. The van der Waals surface area contributed by atoms with Crippen LogP contribution in [0.5, 0.6) is 17.2 Å². The number of carbonyl (C=O) groups is 2. The lowest BCUT2D eigenvalue weighted by Gasteiger charge is -2.27. The minimum Gasteiger partial charge on any atom is -0.493 e. The molecular formula is C33H33FN2O6. The lowest BCUT2D eigenvalue weighted by Crippen LogP contribution is -2.45. The van der Waals surface area contributed by atoms with Gasteiger partial charge in [-0.2, -0.15) is 0 Å². The number of carbonyl (C=O) groups excluding carboxylic acids is 2. The predicted molar refractivity (Wildman–Crippen MR) is 155 cm³/mol. The van der Waals surface area contributed by atoms with E-state index in [9.17, 15) is 14.0 Å². The van der Waals surface area contributed by atoms with E-state index in [0.29, 0.717) is 5.75 Å². The first-order chi connectivity index (χ1) is 20.4. The van der Waals surface area contributed by atoms with Gasteiger partial charge in [-0.05, 0) is 37.1 Å². The molecule has 0 bridgehead atoms. The van der Waals surface area contributed by atoms with Crippen LogP contribution in [0.2, 0.25) is 0 Å². The molecule has 1 N–H and O–H groups in total. The van der Waals surface area contributed by atoms with Crippen molar-refractivity contribution in [3.05, 3.63) is 120 Å². The van der Waals surface area contributed by atoms with E-state index < -0.39 is 35.9 Å². The molecule has 0 fully saturated rings. The summed E-state index contributed by atoms with van der Waals surface area (Å²) in [7, 11) is 1.46. The Morgan fingerprint density at radius 2 is 1.67 bits per heavy atom. The molecule has 3 atom stereocenters. The summed E-state index contributed by atoms with van der Waals surface area (Å²) in [4.78, 5) is 31.3. The number of benzene rings is 3. The third-order valence-electron chi connectivity index (χ3n) is 6.38. The molecule has 8 nitrogen and oxygen atoms in total. The van der Waals surface area contributed by atoms with E-state index in [2.05, 4.69) is 10.3 Å². The Morgan fingerprint density at radius 1 is 0.952 bits per heavy atom. The summed E-state index contributed by atoms with van der Waals surface area (Å²) >= 11 is 0. The number of pyridine rings is 1. The maximum absolute atomic E-state index is 13.9. The molecule has 9 heteroatoms. The van der Waals surface area contributed by atoms with Crippen molar-refractivity contribution in [2.45, 2.75) is 38.5 Å². The number of rotatable bonds is 13. The summed E-state index contributed by atoms with van der Waals surface area (Å²) in [6, 6.07) is 24.7. The molecule has 1 amide bonds. The SMILES string of the molecule is CCOc1c(OC)ccnc1C(=O)N[C@@H](Cc1ccccc1)C(=O)O[C@@H](C)[C@H](Oc1cccc(F)c1)c1ccccc1. The van der Waals surface area contributed by atoms with Crippen LogP contribution in [0.4, 0.5) is 4.39 Å². The van der Waals surface area contributed by atoms with Crippen molar-refractivity contribution in [3.63, 3.8) is 0 Å². The molecule has 0 aliphatic heterocycles. The van der Waals surface area contributed by atoms with Gasteiger partial charge in [0.2, 0.25) is 0 Å². The van der Waals surface area contributed by atoms with Gasteiger partial charge in [0, 0.05) is 24.8 Å². The average Bonchev–Trinajstić information content (AvgIpc) is 3.00. The molecule has 0 radical (unpaired) electrons. The number of methoxy groups -OCH3 is 1. The summed E-state index contributed by atoms with van der Waals surface area (Å²) in [6.07, 6.45) is 0.0195. The predicted octanol–water partition coefficient (Wildman–Crippen LogP) is 5.72. The molecule has 0 unspecified atom stereocenters. The third kappa shape index (κ3) is 7.84. The zero-order chi connectivity index (χ0) is 29.9. The van der Waals surface area contributed by atoms with Gasteiger partial charge in [0.05, 0.1) is 13.7 Å². The van der Waals surface area contributed by atoms with Gasteiger partial charge in [-0.1, -0.05) is 66.7 Å². The summed E-state index contributed by atoms with van der Waals surface area (Å²) in [5, 5.41) is 2.77. The van der Waals surface area contributed by atoms with Gasteiger partial charge in [-0.25, -0.2) is 14.2 Å². The van der Waals surface area contributed by atoms with Gasteiger partial charge >= 0.3 is 5.97 Å². The molecular weight excluding hydrogens is 539 g/mol. The molecule has 0 aliphatic rings. The topological polar surface area (TPSA) is 96.0 Å². The quantitative estimate of drug-likeness (QED) is 0.205. The molecule has 0 saturated carbocycles. The van der Waals surface area contributed by atoms with E-state index in [4.69, 9.17) is 18.9 Å². The summed E-state index contributed by atoms with van der Waals surface area (Å²) in [6.45, 7) is 3.74. The highest BCUT2D eigenvalue weighted by molar-refractivity contribution is 5.98. The highest BCUT2D eigenvalue weighted by atomic mass is 19.1. The van der Waals surface area contributed by atoms with E-state index in [1.54, 1.807) is 26.0 Å². The van der Waals surface area contributed by atoms with Crippen LogP contribution in [0.1, 0.15) is 41.6 Å². The number of amides is 1. The van der Waals surface area contributed by atoms with Crippen molar-refractivity contribution in [3.8, 4) is 17.2 Å². The number of aromatic nitrogens is 1. The van der Waals surface area contributed by atoms with Crippen LogP contribution in [-0.4, -0.2) is 42.7 Å². The Balaban J connectivity index is 1.60. The second kappa shape index (κ2) is 14.6. The lowest BCUT2D eigenvalue weighted by atomic mass is 10.0. The van der Waals surface area contributed by atoms with E-state index in [1.807, 2.05) is 60.7 Å². The second-order valence-electron chi connectivity index (χ2n) is 9.39. The molecule has 42 heavy (non-hydrogen) atoms. The zero-order valence-electron chi connectivity index (χ0n) is 23.7. The third-order valence-corrected chi connectivity index (χ3v) is 6.38. The summed E-state index contributed by atoms with van der Waals surface area (Å²) in [5.41, 5.74) is 1.52. The smallest absolute Gasteiger partial charge is 0.329 e. The molecule has 4 rings (SSSR count). The van der Waals surface area contributed by atoms with E-state index in [-0.39, 0.29) is 30.2 Å². The van der Waals surface area contributed by atoms with Crippen molar-refractivity contribution in [2.75, 3.05) is 13.7 Å². The first kappa shape index (κ1) is 30.0. The number of hydrogen-bond donors (Lipinski definition) is 1. The normalized spacial score (nSPS) is 12.9. The highest BCUT2D eigenvalue weighted by Gasteiger charge is 2.31. The molecule has 0 aliphatic carbocycles. The second-order valence-corrected chi connectivity index (χ2v) is 9.39. The highest BCUT2D eigenvalue weighted by Crippen LogP contribution is 2.30. The fourth-order valence-electron chi connectivity index (χ4n) is 4.40. The monoisotopic (exact) mass is 572 g/mol. The van der Waals surface area contributed by atoms with E-state index in [1.165, 1.54) is 31.5 Å². The van der Waals surface area contributed by atoms with Gasteiger partial charge in [0.1, 0.15) is 23.7 Å². The first-order valence-corrected chi connectivity index (χ1v) is 13.6. The van der Waals surface area contributed by atoms with Gasteiger partial charge in [0.25, 0.3) is 5.91 Å². The average molecular weight is 573 g/mol. The molecule has 0 spiro atoms. The van der Waals surface area contributed by atoms with Crippen molar-refractivity contribution >= 4 is 11.9 Å². The van der Waals surface area contributed by atoms with Crippen molar-refractivity contribution in [1.29, 1.82) is 0 Å². The Labute approximate surface area is 244 Å². The van der Waals surface area contributed by atoms with Crippen LogP contribution >= 0.6 is 0 Å². The summed E-state index contributed by atoms with van der Waals surface area (Å²) < 4.78 is 36.9. The molecule has 218 valence electrons. The first-order valence-electron chi connectivity index (χ1n) is 13.6. The fraction of sp³-hybridized carbons (Fsp3) is 0.242. The Morgan fingerprint density at radius 3 is 2.33 bits per heavy atom. The van der Waals surface area contributed by atoms with Crippen LogP contribution in [0.3, 0.4) is 0 Å². The molecule has 3 aromatic carbocycles. The number of nitrogens with zero attached hydrogens (tertiary/aromatic N) is 1. The fourth-order valence-corrected chi connectivity index (χ4v) is 4.40. The standard InChI is InChI=1S/C33H33FN2O6/c1-4-40-31-28(39-3)18-19-35-29(31)32(37)36-27(20-23-12-7-5-8-13-23)33(38)41-22(2)30(24-14-9-6-10-15-24)42-26-17-11-16-25(34)21-26/h5-19,21-22,27,30H,4,20H2,1-3H3,(H,36,37)/t22-,27-,30-/m0/s1. The maximum Gasteiger partial charge on any atom is 0.329 e. The van der Waals surface area contributed by atoms with Crippen LogP contribution in [-0.2, 0) is 16.0 Å². The van der Waals surface area contributed by atoms with Crippen LogP contribution in [0, 0.1) is 5.82 Å². The number of hydrogen-bond acceptors (Lipinski definition) is 7. The van der Waals surface area contributed by atoms with Crippen molar-refractivity contribution in [2.24, 2.45) is 0 Å². The van der Waals surface area contributed by atoms with E-state index in [0.717, 1.165) is 11.1 Å². The number of nitrogens with one attached hydrogen (secondary N) is 1. The summed E-state index contributed by atoms with van der Waals surface area (Å²) in [5.74, 6) is -0.954. The lowest BCUT2D eigenvalue weighted by molar-refractivity contribution is -0.155. The van der Waals surface area contributed by atoms with Crippen molar-refractivity contribution in [1.82, 2.24) is 10.3 Å². The van der Waals surface area contributed by atoms with Gasteiger partial charge < -0.3 is 24.3 Å². The zero-order valence-corrected chi connectivity index (χ0v) is 23.7. The number of halogens is 1. The molecule has 1 heterocycles. The van der Waals surface area contributed by atoms with Gasteiger partial charge in [-0.15, -0.1) is 0 Å². The molecule has 1 aromatic heterocycles. The van der Waals surface area contributed by atoms with Crippen LogP contribution in [0.15, 0.2) is 97.2 Å². The van der Waals surface area contributed by atoms with Crippen LogP contribution < -0.4 is 19.5 Å². The Kier molecular flexibility index (Phi) is 10.5. The van der Waals surface area contributed by atoms with Crippen LogP contribution in [0.25, 0.3) is 0 Å². The number of ether oxygens (including phenoxy) is 4. The van der Waals surface area contributed by atoms with Crippen molar-refractivity contribution < 1.29 is 32.9 Å². The molecule has 4 aromatic rings. The minimum absolute atomic E-state index is 0.0216. The van der Waals surface area contributed by atoms with Gasteiger partial charge in [0.15, 0.2) is 23.3 Å². The van der Waals surface area contributed by atoms with E-state index >= 15 is 0 Å². The minimum atomic E-state index is -1.07. The maximum atomic E-state index is 13.9. The largest absolute Gasteiger partial charge is 0.493 e. The Bertz CT molecular complexity index is 1470. The van der Waals surface area contributed by atoms with Gasteiger partial charge in [-0.3, -0.25) is 4.79 Å².